The topological polar surface area (TPSA) is 0 Å². The second-order valence-electron chi connectivity index (χ2n) is 5.87. The fourth-order valence-electron chi connectivity index (χ4n) is 2.32. The van der Waals surface area contributed by atoms with Crippen LogP contribution in [0.15, 0.2) is 30.3 Å². The molecule has 0 fully saturated rings. The first-order chi connectivity index (χ1) is 10.3. The van der Waals surface area contributed by atoms with E-state index in [1.165, 1.54) is 70.6 Å². The maximum atomic E-state index is 3.86. The zero-order valence-electron chi connectivity index (χ0n) is 15.4. The third kappa shape index (κ3) is 24.5. The molecule has 0 atom stereocenters. The fraction of sp³-hybridized carbons (Fsp3) is 0.619. The van der Waals surface area contributed by atoms with Gasteiger partial charge in [0.15, 0.2) is 0 Å². The van der Waals surface area contributed by atoms with Crippen molar-refractivity contribution in [1.29, 1.82) is 0 Å². The normalized spacial score (nSPS) is 9.13. The Hall–Kier alpha value is 0.146. The molecule has 130 valence electrons. The van der Waals surface area contributed by atoms with Crippen LogP contribution >= 0.6 is 12.4 Å². The van der Waals surface area contributed by atoms with Crippen LogP contribution in [0.1, 0.15) is 89.5 Å². The Morgan fingerprint density at radius 1 is 0.696 bits per heavy atom. The first-order valence-corrected chi connectivity index (χ1v) is 8.97. The smallest absolute Gasteiger partial charge is 0.343 e. The predicted molar refractivity (Wildman–Crippen MR) is 110 cm³/mol. The Morgan fingerprint density at radius 2 is 1.09 bits per heavy atom. The van der Waals surface area contributed by atoms with Gasteiger partial charge in [0.25, 0.3) is 0 Å². The van der Waals surface area contributed by atoms with E-state index in [9.17, 15) is 0 Å². The average molecular weight is 349 g/mol. The second kappa shape index (κ2) is 24.4. The Morgan fingerprint density at radius 3 is 1.39 bits per heavy atom. The van der Waals surface area contributed by atoms with E-state index in [0.29, 0.717) is 0 Å². The van der Waals surface area contributed by atoms with E-state index in [1.807, 2.05) is 30.3 Å². The number of hydrogen-bond acceptors (Lipinski definition) is 0. The standard InChI is InChI=1S/C14H29.C7H7.ClH.Mg/c1-3-5-7-9-11-13-14-12-10-8-6-4-2;1-7-5-3-2-4-6-7;;/h1,3-14H2,2H3;2-6H,1H2;1H;/q2*-1;;+2. The molecule has 0 amide bonds. The van der Waals surface area contributed by atoms with Crippen LogP contribution in [-0.4, -0.2) is 23.1 Å². The van der Waals surface area contributed by atoms with Gasteiger partial charge in [-0.25, -0.2) is 0 Å². The van der Waals surface area contributed by atoms with E-state index in [2.05, 4.69) is 20.8 Å². The van der Waals surface area contributed by atoms with Gasteiger partial charge in [0.1, 0.15) is 0 Å². The van der Waals surface area contributed by atoms with Gasteiger partial charge in [-0.15, -0.1) is 24.5 Å². The van der Waals surface area contributed by atoms with E-state index >= 15 is 0 Å². The maximum absolute atomic E-state index is 3.86. The molecule has 23 heavy (non-hydrogen) atoms. The fourth-order valence-corrected chi connectivity index (χ4v) is 2.32. The molecule has 0 saturated carbocycles. The summed E-state index contributed by atoms with van der Waals surface area (Å²) in [5.74, 6) is 0. The predicted octanol–water partition coefficient (Wildman–Crippen LogP) is 7.43. The van der Waals surface area contributed by atoms with Crippen LogP contribution in [0, 0.1) is 13.8 Å². The van der Waals surface area contributed by atoms with Crippen LogP contribution in [0.2, 0.25) is 0 Å². The van der Waals surface area contributed by atoms with Gasteiger partial charge < -0.3 is 6.92 Å². The van der Waals surface area contributed by atoms with Crippen molar-refractivity contribution in [2.24, 2.45) is 0 Å². The first-order valence-electron chi connectivity index (χ1n) is 8.97. The van der Waals surface area contributed by atoms with E-state index in [4.69, 9.17) is 0 Å². The minimum Gasteiger partial charge on any atom is -0.343 e. The zero-order valence-corrected chi connectivity index (χ0v) is 17.6. The molecule has 0 aliphatic carbocycles. The summed E-state index contributed by atoms with van der Waals surface area (Å²) in [6.45, 7) is 9.86. The summed E-state index contributed by atoms with van der Waals surface area (Å²) in [6, 6.07) is 9.87. The van der Waals surface area contributed by atoms with Gasteiger partial charge in [0.2, 0.25) is 0 Å². The van der Waals surface area contributed by atoms with Crippen LogP contribution in [0.4, 0.5) is 0 Å². The molecular weight excluding hydrogens is 312 g/mol. The van der Waals surface area contributed by atoms with Crippen molar-refractivity contribution in [1.82, 2.24) is 0 Å². The SMILES string of the molecule is Cl.[CH2-]CCCCCCCCCCCCC.[CH2-]c1ccccc1.[Mg+2]. The van der Waals surface area contributed by atoms with Crippen LogP contribution < -0.4 is 0 Å². The van der Waals surface area contributed by atoms with Crippen LogP contribution in [-0.2, 0) is 0 Å². The van der Waals surface area contributed by atoms with Crippen molar-refractivity contribution in [3.8, 4) is 0 Å². The van der Waals surface area contributed by atoms with Crippen LogP contribution in [0.3, 0.4) is 0 Å². The van der Waals surface area contributed by atoms with Crippen LogP contribution in [0.25, 0.3) is 0 Å². The molecule has 0 bridgehead atoms. The second-order valence-corrected chi connectivity index (χ2v) is 5.87. The van der Waals surface area contributed by atoms with E-state index in [1.54, 1.807) is 0 Å². The molecule has 0 aliphatic rings. The summed E-state index contributed by atoms with van der Waals surface area (Å²) in [6.07, 6.45) is 16.9. The zero-order chi connectivity index (χ0) is 15.6. The molecule has 1 aromatic carbocycles. The maximum Gasteiger partial charge on any atom is 2.00 e. The molecule has 0 saturated heterocycles. The number of halogens is 1. The number of hydrogen-bond donors (Lipinski definition) is 0. The summed E-state index contributed by atoms with van der Waals surface area (Å²) < 4.78 is 0. The molecule has 0 radical (unpaired) electrons. The molecule has 0 N–H and O–H groups in total. The van der Waals surface area contributed by atoms with E-state index < -0.39 is 0 Å². The third-order valence-electron chi connectivity index (χ3n) is 3.70. The summed E-state index contributed by atoms with van der Waals surface area (Å²) >= 11 is 0. The van der Waals surface area contributed by atoms with Crippen molar-refractivity contribution in [2.45, 2.75) is 84.0 Å². The minimum atomic E-state index is 0. The molecule has 0 heterocycles. The summed E-state index contributed by atoms with van der Waals surface area (Å²) in [7, 11) is 0. The van der Waals surface area contributed by atoms with E-state index in [-0.39, 0.29) is 35.5 Å². The Bertz CT molecular complexity index is 275. The molecule has 0 aliphatic heterocycles. The minimum absolute atomic E-state index is 0. The molecule has 0 nitrogen and oxygen atoms in total. The van der Waals surface area contributed by atoms with Gasteiger partial charge in [-0.3, -0.25) is 0 Å². The van der Waals surface area contributed by atoms with Gasteiger partial charge in [-0.2, -0.15) is 31.0 Å². The van der Waals surface area contributed by atoms with Crippen molar-refractivity contribution in [3.63, 3.8) is 0 Å². The average Bonchev–Trinajstić information content (AvgIpc) is 2.51. The molecular formula is C21H37ClMg. The van der Waals surface area contributed by atoms with Crippen molar-refractivity contribution >= 4 is 35.5 Å². The molecule has 1 rings (SSSR count). The van der Waals surface area contributed by atoms with Crippen molar-refractivity contribution in [3.05, 3.63) is 49.7 Å². The largest absolute Gasteiger partial charge is 2.00 e. The van der Waals surface area contributed by atoms with Gasteiger partial charge in [-0.05, 0) is 0 Å². The molecule has 0 unspecified atom stereocenters. The molecule has 2 heteroatoms. The van der Waals surface area contributed by atoms with Gasteiger partial charge >= 0.3 is 23.1 Å². The number of unbranched alkanes of at least 4 members (excludes halogenated alkanes) is 11. The van der Waals surface area contributed by atoms with Gasteiger partial charge in [0.05, 0.1) is 0 Å². The molecule has 0 spiro atoms. The van der Waals surface area contributed by atoms with E-state index in [0.717, 1.165) is 12.0 Å². The molecule has 0 aromatic heterocycles. The third-order valence-corrected chi connectivity index (χ3v) is 3.70. The number of benzene rings is 1. The van der Waals surface area contributed by atoms with Crippen LogP contribution in [0.5, 0.6) is 0 Å². The van der Waals surface area contributed by atoms with Gasteiger partial charge in [0, 0.05) is 0 Å². The monoisotopic (exact) mass is 348 g/mol. The summed E-state index contributed by atoms with van der Waals surface area (Å²) in [5.41, 5.74) is 1.07. The molecule has 1 aromatic rings. The van der Waals surface area contributed by atoms with Crippen molar-refractivity contribution < 1.29 is 0 Å². The van der Waals surface area contributed by atoms with Crippen molar-refractivity contribution in [2.75, 3.05) is 0 Å². The quantitative estimate of drug-likeness (QED) is 0.221. The Kier molecular flexibility index (Phi) is 29.7. The summed E-state index contributed by atoms with van der Waals surface area (Å²) in [4.78, 5) is 0. The number of rotatable bonds is 11. The van der Waals surface area contributed by atoms with Gasteiger partial charge in [-0.1, -0.05) is 83.6 Å². The first kappa shape index (κ1) is 28.0. The Labute approximate surface area is 168 Å². The summed E-state index contributed by atoms with van der Waals surface area (Å²) in [5, 5.41) is 0. The Balaban J connectivity index is -0.000000376.